The van der Waals surface area contributed by atoms with E-state index in [0.717, 1.165) is 43.6 Å². The Balaban J connectivity index is 1.44. The molecule has 22 heavy (non-hydrogen) atoms. The van der Waals surface area contributed by atoms with Crippen molar-refractivity contribution in [3.8, 4) is 0 Å². The lowest BCUT2D eigenvalue weighted by Gasteiger charge is -2.30. The van der Waals surface area contributed by atoms with Gasteiger partial charge in [0.05, 0.1) is 19.7 Å². The molecule has 1 saturated carbocycles. The van der Waals surface area contributed by atoms with E-state index in [4.69, 9.17) is 14.0 Å². The first kappa shape index (κ1) is 13.7. The van der Waals surface area contributed by atoms with Gasteiger partial charge in [0, 0.05) is 12.5 Å². The molecule has 1 aliphatic carbocycles. The Morgan fingerprint density at radius 1 is 1.27 bits per heavy atom. The number of amides is 1. The van der Waals surface area contributed by atoms with E-state index in [2.05, 4.69) is 5.16 Å². The number of carbonyl (C=O) groups excluding carboxylic acids is 1. The highest BCUT2D eigenvalue weighted by Crippen LogP contribution is 2.37. The van der Waals surface area contributed by atoms with E-state index < -0.39 is 0 Å². The normalized spacial score (nSPS) is 23.5. The molecule has 118 valence electrons. The smallest absolute Gasteiger partial charge is 0.410 e. The van der Waals surface area contributed by atoms with Crippen LogP contribution in [0.25, 0.3) is 5.76 Å². The highest BCUT2D eigenvalue weighted by Gasteiger charge is 2.45. The van der Waals surface area contributed by atoms with Crippen molar-refractivity contribution in [2.24, 2.45) is 0 Å². The number of hydrogen-bond donors (Lipinski definition) is 0. The van der Waals surface area contributed by atoms with Crippen LogP contribution in [-0.4, -0.2) is 34.9 Å². The van der Waals surface area contributed by atoms with Crippen LogP contribution in [-0.2, 0) is 16.0 Å². The van der Waals surface area contributed by atoms with Crippen molar-refractivity contribution in [2.45, 2.75) is 50.7 Å². The van der Waals surface area contributed by atoms with E-state index in [1.807, 2.05) is 12.1 Å². The predicted molar refractivity (Wildman–Crippen MR) is 77.8 cm³/mol. The van der Waals surface area contributed by atoms with Gasteiger partial charge in [0.15, 0.2) is 5.76 Å². The zero-order chi connectivity index (χ0) is 15.0. The first-order valence-electron chi connectivity index (χ1n) is 8.01. The molecule has 1 aromatic heterocycles. The largest absolute Gasteiger partial charge is 0.490 e. The Morgan fingerprint density at radius 3 is 2.91 bits per heavy atom. The fourth-order valence-corrected chi connectivity index (χ4v) is 3.56. The Labute approximate surface area is 129 Å². The van der Waals surface area contributed by atoms with Crippen LogP contribution >= 0.6 is 0 Å². The Bertz CT molecular complexity index is 601. The number of ether oxygens (including phenoxy) is 2. The van der Waals surface area contributed by atoms with Crippen LogP contribution in [0.5, 0.6) is 0 Å². The SMILES string of the molecule is O=C1OC2(CCCCC2)CN1Cc1cc(C2=CCCO2)on1. The highest BCUT2D eigenvalue weighted by molar-refractivity contribution is 5.70. The van der Waals surface area contributed by atoms with Gasteiger partial charge in [-0.1, -0.05) is 11.6 Å². The molecule has 3 aliphatic rings. The summed E-state index contributed by atoms with van der Waals surface area (Å²) in [5.41, 5.74) is 0.468. The van der Waals surface area contributed by atoms with Gasteiger partial charge in [-0.3, -0.25) is 4.90 Å². The van der Waals surface area contributed by atoms with Gasteiger partial charge >= 0.3 is 6.09 Å². The number of hydrogen-bond acceptors (Lipinski definition) is 5. The lowest BCUT2D eigenvalue weighted by atomic mass is 9.85. The highest BCUT2D eigenvalue weighted by atomic mass is 16.6. The van der Waals surface area contributed by atoms with Gasteiger partial charge in [0.2, 0.25) is 5.76 Å². The summed E-state index contributed by atoms with van der Waals surface area (Å²) in [6.07, 6.45) is 8.11. The van der Waals surface area contributed by atoms with E-state index >= 15 is 0 Å². The average Bonchev–Trinajstić information content (AvgIpc) is 3.22. The van der Waals surface area contributed by atoms with E-state index in [0.29, 0.717) is 25.5 Å². The summed E-state index contributed by atoms with van der Waals surface area (Å²) in [6.45, 7) is 1.77. The molecule has 0 radical (unpaired) electrons. The lowest BCUT2D eigenvalue weighted by molar-refractivity contribution is 0.0260. The molecule has 0 bridgehead atoms. The average molecular weight is 304 g/mol. The number of rotatable bonds is 3. The van der Waals surface area contributed by atoms with Gasteiger partial charge in [-0.05, 0) is 31.8 Å². The minimum Gasteiger partial charge on any atom is -0.490 e. The molecule has 2 fully saturated rings. The Kier molecular flexibility index (Phi) is 3.32. The maximum Gasteiger partial charge on any atom is 0.410 e. The molecule has 1 saturated heterocycles. The summed E-state index contributed by atoms with van der Waals surface area (Å²) >= 11 is 0. The third kappa shape index (κ3) is 2.46. The van der Waals surface area contributed by atoms with Gasteiger partial charge in [0.1, 0.15) is 11.3 Å². The summed E-state index contributed by atoms with van der Waals surface area (Å²) in [4.78, 5) is 13.9. The quantitative estimate of drug-likeness (QED) is 0.858. The maximum atomic E-state index is 12.1. The lowest BCUT2D eigenvalue weighted by Crippen LogP contribution is -2.36. The van der Waals surface area contributed by atoms with Crippen LogP contribution in [0, 0.1) is 0 Å². The van der Waals surface area contributed by atoms with E-state index in [9.17, 15) is 4.79 Å². The minimum absolute atomic E-state index is 0.234. The van der Waals surface area contributed by atoms with E-state index in [-0.39, 0.29) is 11.7 Å². The topological polar surface area (TPSA) is 64.8 Å². The molecule has 6 heteroatoms. The van der Waals surface area contributed by atoms with E-state index in [1.54, 1.807) is 4.90 Å². The van der Waals surface area contributed by atoms with Crippen LogP contribution in [0.15, 0.2) is 16.7 Å². The molecule has 4 rings (SSSR count). The molecule has 0 aromatic carbocycles. The molecule has 1 aromatic rings. The third-order valence-electron chi connectivity index (χ3n) is 4.67. The number of nitrogens with zero attached hydrogens (tertiary/aromatic N) is 2. The van der Waals surface area contributed by atoms with Crippen LogP contribution < -0.4 is 0 Å². The van der Waals surface area contributed by atoms with Crippen molar-refractivity contribution < 1.29 is 18.8 Å². The van der Waals surface area contributed by atoms with Gasteiger partial charge in [0.25, 0.3) is 0 Å². The zero-order valence-corrected chi connectivity index (χ0v) is 12.5. The predicted octanol–water partition coefficient (Wildman–Crippen LogP) is 3.09. The molecule has 3 heterocycles. The van der Waals surface area contributed by atoms with Crippen LogP contribution in [0.3, 0.4) is 0 Å². The van der Waals surface area contributed by atoms with Gasteiger partial charge in [-0.15, -0.1) is 0 Å². The zero-order valence-electron chi connectivity index (χ0n) is 12.5. The Morgan fingerprint density at radius 2 is 2.14 bits per heavy atom. The van der Waals surface area contributed by atoms with Crippen molar-refractivity contribution in [3.63, 3.8) is 0 Å². The van der Waals surface area contributed by atoms with Crippen molar-refractivity contribution in [1.29, 1.82) is 0 Å². The monoisotopic (exact) mass is 304 g/mol. The van der Waals surface area contributed by atoms with Crippen LogP contribution in [0.2, 0.25) is 0 Å². The van der Waals surface area contributed by atoms with Gasteiger partial charge < -0.3 is 14.0 Å². The Hall–Kier alpha value is -1.98. The van der Waals surface area contributed by atoms with Gasteiger partial charge in [-0.2, -0.15) is 0 Å². The summed E-state index contributed by atoms with van der Waals surface area (Å²) in [5, 5.41) is 4.05. The first-order chi connectivity index (χ1) is 10.7. The van der Waals surface area contributed by atoms with Crippen molar-refractivity contribution in [2.75, 3.05) is 13.2 Å². The third-order valence-corrected chi connectivity index (χ3v) is 4.67. The second-order valence-corrected chi connectivity index (χ2v) is 6.36. The standard InChI is InChI=1S/C16H20N2O4/c19-15-18(11-16(21-15)6-2-1-3-7-16)10-12-9-14(22-17-12)13-5-4-8-20-13/h5,9H,1-4,6-8,10-11H2. The summed E-state index contributed by atoms with van der Waals surface area (Å²) in [7, 11) is 0. The molecule has 0 atom stereocenters. The molecule has 1 spiro atoms. The molecular weight excluding hydrogens is 284 g/mol. The molecule has 0 unspecified atom stereocenters. The fraction of sp³-hybridized carbons (Fsp3) is 0.625. The summed E-state index contributed by atoms with van der Waals surface area (Å²) < 4.78 is 16.4. The van der Waals surface area contributed by atoms with Crippen molar-refractivity contribution >= 4 is 11.9 Å². The summed E-state index contributed by atoms with van der Waals surface area (Å²) in [6, 6.07) is 1.84. The molecule has 1 amide bonds. The minimum atomic E-state index is -0.265. The molecule has 6 nitrogen and oxygen atoms in total. The van der Waals surface area contributed by atoms with E-state index in [1.165, 1.54) is 6.42 Å². The van der Waals surface area contributed by atoms with Gasteiger partial charge in [-0.25, -0.2) is 4.79 Å². The van der Waals surface area contributed by atoms with Crippen LogP contribution in [0.1, 0.15) is 50.0 Å². The number of aromatic nitrogens is 1. The summed E-state index contributed by atoms with van der Waals surface area (Å²) in [5.74, 6) is 1.37. The second-order valence-electron chi connectivity index (χ2n) is 6.36. The second kappa shape index (κ2) is 5.34. The maximum absolute atomic E-state index is 12.1. The molecule has 2 aliphatic heterocycles. The van der Waals surface area contributed by atoms with Crippen molar-refractivity contribution in [1.82, 2.24) is 10.1 Å². The molecule has 0 N–H and O–H groups in total. The van der Waals surface area contributed by atoms with Crippen molar-refractivity contribution in [3.05, 3.63) is 23.6 Å². The van der Waals surface area contributed by atoms with Crippen LogP contribution in [0.4, 0.5) is 4.79 Å². The molecular formula is C16H20N2O4. The number of carbonyl (C=O) groups is 1. The fourth-order valence-electron chi connectivity index (χ4n) is 3.56. The first-order valence-corrected chi connectivity index (χ1v) is 8.01.